The predicted molar refractivity (Wildman–Crippen MR) is 138 cm³/mol. The van der Waals surface area contributed by atoms with Gasteiger partial charge < -0.3 is 10.2 Å². The minimum atomic E-state index is -5.86. The van der Waals surface area contributed by atoms with Crippen LogP contribution in [0.25, 0.3) is 0 Å². The summed E-state index contributed by atoms with van der Waals surface area (Å²) in [5.74, 6) is 0. The third kappa shape index (κ3) is 12.2. The Balaban J connectivity index is -0.000000688. The van der Waals surface area contributed by atoms with Crippen LogP contribution in [0.3, 0.4) is 0 Å². The van der Waals surface area contributed by atoms with Crippen LogP contribution in [-0.2, 0) is 0 Å². The summed E-state index contributed by atoms with van der Waals surface area (Å²) in [6.45, 7) is 18.8. The van der Waals surface area contributed by atoms with Gasteiger partial charge in [0, 0.05) is 0 Å². The topological polar surface area (TPSA) is 46.1 Å². The summed E-state index contributed by atoms with van der Waals surface area (Å²) in [6.07, 6.45) is -26.3. The van der Waals surface area contributed by atoms with Crippen LogP contribution < -0.4 is 10.2 Å². The second-order valence-electron chi connectivity index (χ2n) is 13.5. The van der Waals surface area contributed by atoms with E-state index >= 15 is 0 Å². The van der Waals surface area contributed by atoms with Crippen molar-refractivity contribution in [1.29, 1.82) is 0 Å². The molecule has 0 aromatic carbocycles. The standard InChI is InChI=1S/2C12H20F6OP.Sn/c2*1-8(2,3)20(9(4,5)6)7-10(19,11(13,14)15)12(16,17)18;/h2*7H2,1-6H3;/q2*-1;+2. The fourth-order valence-corrected chi connectivity index (χ4v) is 11.6. The molecule has 246 valence electrons. The van der Waals surface area contributed by atoms with Crippen molar-refractivity contribution in [3.63, 3.8) is 0 Å². The summed E-state index contributed by atoms with van der Waals surface area (Å²) >= 11 is 0. The first kappa shape index (κ1) is 46.2. The maximum atomic E-state index is 12.7. The van der Waals surface area contributed by atoms with Crippen molar-refractivity contribution in [2.75, 3.05) is 12.3 Å². The first-order valence-electron chi connectivity index (χ1n) is 11.9. The van der Waals surface area contributed by atoms with E-state index in [4.69, 9.17) is 0 Å². The molecule has 0 spiro atoms. The molecule has 0 rings (SSSR count). The SMILES string of the molecule is CC(C)(C)P(CC([O-])(C(F)(F)F)C(F)(F)F)C(C)(C)C.CC(C)(C)P(CC([O-])(C(F)(F)F)C(F)(F)F)C(C)(C)C.[Sn+2]. The third-order valence-corrected chi connectivity index (χ3v) is 13.8. The molecule has 0 bridgehead atoms. The van der Waals surface area contributed by atoms with Crippen LogP contribution in [0.2, 0.25) is 0 Å². The monoisotopic (exact) mass is 770 g/mol. The molecule has 0 aliphatic rings. The Labute approximate surface area is 254 Å². The Morgan fingerprint density at radius 3 is 0.561 bits per heavy atom. The Hall–Kier alpha value is 0.739. The maximum absolute atomic E-state index is 12.7. The minimum Gasteiger partial charge on any atom is -0.836 e. The molecule has 2 radical (unpaired) electrons. The predicted octanol–water partition coefficient (Wildman–Crippen LogP) is 8.20. The normalized spacial score (nSPS) is 15.5. The van der Waals surface area contributed by atoms with Gasteiger partial charge in [-0.2, -0.15) is 52.7 Å². The molecule has 2 nitrogen and oxygen atoms in total. The second kappa shape index (κ2) is 13.6. The summed E-state index contributed by atoms with van der Waals surface area (Å²) in [7, 11) is -3.62. The molecule has 0 saturated heterocycles. The van der Waals surface area contributed by atoms with Gasteiger partial charge in [-0.1, -0.05) is 98.9 Å². The molecular formula is C24H40F12O2P2Sn. The van der Waals surface area contributed by atoms with Crippen LogP contribution in [-0.4, -0.2) is 92.8 Å². The van der Waals surface area contributed by atoms with E-state index in [2.05, 4.69) is 0 Å². The molecule has 17 heteroatoms. The van der Waals surface area contributed by atoms with Gasteiger partial charge >= 0.3 is 48.6 Å². The molecule has 0 N–H and O–H groups in total. The van der Waals surface area contributed by atoms with E-state index in [0.717, 1.165) is 0 Å². The van der Waals surface area contributed by atoms with Crippen LogP contribution >= 0.6 is 15.8 Å². The van der Waals surface area contributed by atoms with Crippen molar-refractivity contribution in [2.24, 2.45) is 0 Å². The fourth-order valence-electron chi connectivity index (χ4n) is 4.09. The number of alkyl halides is 12. The molecular weight excluding hydrogens is 729 g/mol. The summed E-state index contributed by atoms with van der Waals surface area (Å²) < 4.78 is 153. The zero-order valence-corrected chi connectivity index (χ0v) is 29.8. The van der Waals surface area contributed by atoms with Crippen LogP contribution in [0.15, 0.2) is 0 Å². The van der Waals surface area contributed by atoms with E-state index in [-0.39, 0.29) is 23.9 Å². The quantitative estimate of drug-likeness (QED) is 0.165. The molecule has 0 atom stereocenters. The van der Waals surface area contributed by atoms with E-state index in [9.17, 15) is 62.9 Å². The fraction of sp³-hybridized carbons (Fsp3) is 1.00. The van der Waals surface area contributed by atoms with Crippen molar-refractivity contribution in [2.45, 2.75) is 140 Å². The Bertz CT molecular complexity index is 686. The Morgan fingerprint density at radius 2 is 0.488 bits per heavy atom. The van der Waals surface area contributed by atoms with Crippen LogP contribution in [0.5, 0.6) is 0 Å². The molecule has 0 amide bonds. The molecule has 0 heterocycles. The number of hydrogen-bond donors (Lipinski definition) is 0. The van der Waals surface area contributed by atoms with Gasteiger partial charge in [0.25, 0.3) is 0 Å². The molecule has 0 aliphatic heterocycles. The molecule has 0 aliphatic carbocycles. The summed E-state index contributed by atoms with van der Waals surface area (Å²) in [5, 5.41) is 20.1. The number of halogens is 12. The van der Waals surface area contributed by atoms with Gasteiger partial charge in [0.15, 0.2) is 0 Å². The molecule has 0 aromatic heterocycles. The third-order valence-electron chi connectivity index (χ3n) is 5.83. The van der Waals surface area contributed by atoms with Crippen molar-refractivity contribution < 1.29 is 62.9 Å². The van der Waals surface area contributed by atoms with Gasteiger partial charge in [-0.3, -0.25) is 0 Å². The zero-order chi connectivity index (χ0) is 33.6. The van der Waals surface area contributed by atoms with Gasteiger partial charge in [-0.15, -0.1) is 0 Å². The van der Waals surface area contributed by atoms with Crippen molar-refractivity contribution in [3.05, 3.63) is 0 Å². The molecule has 0 fully saturated rings. The molecule has 0 aromatic rings. The van der Waals surface area contributed by atoms with Gasteiger partial charge in [0.1, 0.15) is 0 Å². The van der Waals surface area contributed by atoms with E-state index in [0.29, 0.717) is 0 Å². The van der Waals surface area contributed by atoms with Gasteiger partial charge in [0.05, 0.1) is 11.2 Å². The van der Waals surface area contributed by atoms with Crippen LogP contribution in [0, 0.1) is 0 Å². The van der Waals surface area contributed by atoms with Crippen molar-refractivity contribution in [1.82, 2.24) is 0 Å². The largest absolute Gasteiger partial charge is 2.00 e. The van der Waals surface area contributed by atoms with Crippen LogP contribution in [0.4, 0.5) is 52.7 Å². The zero-order valence-electron chi connectivity index (χ0n) is 25.2. The molecule has 0 saturated carbocycles. The van der Waals surface area contributed by atoms with Crippen molar-refractivity contribution >= 4 is 39.8 Å². The maximum Gasteiger partial charge on any atom is 2.00 e. The Morgan fingerprint density at radius 1 is 0.366 bits per heavy atom. The van der Waals surface area contributed by atoms with Crippen LogP contribution in [0.1, 0.15) is 83.1 Å². The van der Waals surface area contributed by atoms with Gasteiger partial charge in [0.2, 0.25) is 0 Å². The smallest absolute Gasteiger partial charge is 0.836 e. The molecule has 41 heavy (non-hydrogen) atoms. The summed E-state index contributed by atoms with van der Waals surface area (Å²) in [6, 6.07) is 0. The van der Waals surface area contributed by atoms with E-state index in [1.807, 2.05) is 0 Å². The van der Waals surface area contributed by atoms with E-state index in [1.165, 1.54) is 0 Å². The second-order valence-corrected chi connectivity index (χ2v) is 21.2. The Kier molecular flexibility index (Phi) is 15.3. The summed E-state index contributed by atoms with van der Waals surface area (Å²) in [4.78, 5) is 0. The van der Waals surface area contributed by atoms with Gasteiger partial charge in [-0.05, 0) is 32.9 Å². The minimum absolute atomic E-state index is 0. The number of hydrogen-bond acceptors (Lipinski definition) is 2. The average molecular weight is 769 g/mol. The summed E-state index contributed by atoms with van der Waals surface area (Å²) in [5.41, 5.74) is -9.82. The molecule has 0 unspecified atom stereocenters. The first-order valence-corrected chi connectivity index (χ1v) is 15.0. The van der Waals surface area contributed by atoms with Gasteiger partial charge in [-0.25, -0.2) is 0 Å². The van der Waals surface area contributed by atoms with E-state index in [1.54, 1.807) is 83.1 Å². The number of rotatable bonds is 4. The van der Waals surface area contributed by atoms with E-state index < -0.39 is 84.7 Å². The first-order chi connectivity index (χ1) is 16.7. The average Bonchev–Trinajstić information content (AvgIpc) is 2.56. The van der Waals surface area contributed by atoms with Crippen molar-refractivity contribution in [3.8, 4) is 0 Å².